The largest absolute Gasteiger partial charge is 0.391 e. The molecule has 1 aromatic carbocycles. The van der Waals surface area contributed by atoms with Crippen LogP contribution in [-0.4, -0.2) is 41.0 Å². The van der Waals surface area contributed by atoms with E-state index >= 15 is 0 Å². The van der Waals surface area contributed by atoms with Crippen molar-refractivity contribution >= 4 is 40.7 Å². The molecule has 0 aromatic heterocycles. The molecule has 7 heteroatoms. The molecular weight excluding hydrogens is 303 g/mol. The lowest BCUT2D eigenvalue weighted by Crippen LogP contribution is -2.38. The summed E-state index contributed by atoms with van der Waals surface area (Å²) in [5, 5.41) is 12.7. The molecule has 0 saturated carbocycles. The van der Waals surface area contributed by atoms with E-state index in [1.807, 2.05) is 0 Å². The number of β-amino-alcohol motifs (C(OH)–C–C–N with tert-alkyl or cyclic N) is 1. The van der Waals surface area contributed by atoms with Crippen LogP contribution in [0.1, 0.15) is 12.0 Å². The van der Waals surface area contributed by atoms with Crippen LogP contribution in [0.15, 0.2) is 12.1 Å². The number of aliphatic hydroxyl groups excluding tert-OH is 1. The maximum Gasteiger partial charge on any atom is 0.313 e. The average molecular weight is 317 g/mol. The Morgan fingerprint density at radius 3 is 2.45 bits per heavy atom. The van der Waals surface area contributed by atoms with Crippen molar-refractivity contribution in [2.75, 3.05) is 18.4 Å². The molecule has 0 radical (unpaired) electrons. The van der Waals surface area contributed by atoms with Crippen LogP contribution in [0.3, 0.4) is 0 Å². The summed E-state index contributed by atoms with van der Waals surface area (Å²) in [5.41, 5.74) is 1.07. The van der Waals surface area contributed by atoms with Crippen molar-refractivity contribution in [3.63, 3.8) is 0 Å². The molecule has 5 nitrogen and oxygen atoms in total. The van der Waals surface area contributed by atoms with Gasteiger partial charge in [0.1, 0.15) is 0 Å². The summed E-state index contributed by atoms with van der Waals surface area (Å²) in [4.78, 5) is 25.0. The third-order valence-electron chi connectivity index (χ3n) is 3.18. The Balaban J connectivity index is 2.06. The fourth-order valence-electron chi connectivity index (χ4n) is 1.97. The monoisotopic (exact) mass is 316 g/mol. The molecule has 0 unspecified atom stereocenters. The number of anilines is 1. The zero-order chi connectivity index (χ0) is 14.9. The normalized spacial score (nSPS) is 18.2. The second-order valence-corrected chi connectivity index (χ2v) is 5.53. The molecule has 108 valence electrons. The van der Waals surface area contributed by atoms with E-state index in [2.05, 4.69) is 5.32 Å². The molecule has 1 heterocycles. The molecular formula is C13H14Cl2N2O3. The highest BCUT2D eigenvalue weighted by atomic mass is 35.5. The Kier molecular flexibility index (Phi) is 4.52. The van der Waals surface area contributed by atoms with Crippen LogP contribution in [0.25, 0.3) is 0 Å². The number of hydrogen-bond acceptors (Lipinski definition) is 3. The van der Waals surface area contributed by atoms with Gasteiger partial charge in [-0.05, 0) is 31.0 Å². The molecule has 2 rings (SSSR count). The van der Waals surface area contributed by atoms with Gasteiger partial charge in [0.25, 0.3) is 0 Å². The number of halogens is 2. The van der Waals surface area contributed by atoms with E-state index in [1.54, 1.807) is 6.92 Å². The molecule has 0 spiro atoms. The van der Waals surface area contributed by atoms with E-state index in [0.717, 1.165) is 0 Å². The number of hydrogen-bond donors (Lipinski definition) is 2. The van der Waals surface area contributed by atoms with E-state index in [-0.39, 0.29) is 6.54 Å². The highest BCUT2D eigenvalue weighted by Crippen LogP contribution is 2.28. The third kappa shape index (κ3) is 3.23. The Morgan fingerprint density at radius 2 is 1.95 bits per heavy atom. The van der Waals surface area contributed by atoms with Gasteiger partial charge in [-0.25, -0.2) is 0 Å². The number of nitrogens with one attached hydrogen (secondary N) is 1. The van der Waals surface area contributed by atoms with Gasteiger partial charge in [-0.2, -0.15) is 0 Å². The Hall–Kier alpha value is -1.30. The Bertz CT molecular complexity index is 540. The number of carbonyl (C=O) groups excluding carboxylic acids is 2. The summed E-state index contributed by atoms with van der Waals surface area (Å²) in [6, 6.07) is 3.07. The minimum absolute atomic E-state index is 0.182. The first-order chi connectivity index (χ1) is 9.38. The van der Waals surface area contributed by atoms with E-state index in [1.165, 1.54) is 17.0 Å². The lowest BCUT2D eigenvalue weighted by Gasteiger charge is -2.15. The van der Waals surface area contributed by atoms with E-state index in [4.69, 9.17) is 23.2 Å². The van der Waals surface area contributed by atoms with E-state index in [0.29, 0.717) is 34.3 Å². The van der Waals surface area contributed by atoms with Gasteiger partial charge in [0.15, 0.2) is 0 Å². The fourth-order valence-corrected chi connectivity index (χ4v) is 2.46. The first kappa shape index (κ1) is 15.1. The fraction of sp³-hybridized carbons (Fsp3) is 0.385. The lowest BCUT2D eigenvalue weighted by atomic mass is 10.2. The van der Waals surface area contributed by atoms with Crippen molar-refractivity contribution in [1.29, 1.82) is 0 Å². The van der Waals surface area contributed by atoms with Crippen molar-refractivity contribution in [1.82, 2.24) is 4.90 Å². The third-order valence-corrected chi connectivity index (χ3v) is 3.97. The smallest absolute Gasteiger partial charge is 0.313 e. The molecule has 1 aliphatic rings. The SMILES string of the molecule is Cc1c(Cl)cc(NC(=O)C(=O)N2CC[C@H](O)C2)cc1Cl. The first-order valence-corrected chi connectivity index (χ1v) is 6.88. The zero-order valence-electron chi connectivity index (χ0n) is 10.8. The quantitative estimate of drug-likeness (QED) is 0.777. The topological polar surface area (TPSA) is 69.6 Å². The summed E-state index contributed by atoms with van der Waals surface area (Å²) in [6.07, 6.45) is -0.0729. The standard InChI is InChI=1S/C13H14Cl2N2O3/c1-7-10(14)4-8(5-11(7)15)16-12(19)13(20)17-3-2-9(18)6-17/h4-5,9,18H,2-3,6H2,1H3,(H,16,19)/t9-/m0/s1. The summed E-state index contributed by atoms with van der Waals surface area (Å²) >= 11 is 11.9. The van der Waals surface area contributed by atoms with Crippen molar-refractivity contribution in [3.8, 4) is 0 Å². The van der Waals surface area contributed by atoms with Gasteiger partial charge in [-0.3, -0.25) is 9.59 Å². The van der Waals surface area contributed by atoms with Gasteiger partial charge >= 0.3 is 11.8 Å². The number of aliphatic hydroxyl groups is 1. The predicted octanol–water partition coefficient (Wildman–Crippen LogP) is 1.83. The minimum atomic E-state index is -0.768. The first-order valence-electron chi connectivity index (χ1n) is 6.12. The van der Waals surface area contributed by atoms with Crippen LogP contribution in [0, 0.1) is 6.92 Å². The summed E-state index contributed by atoms with van der Waals surface area (Å²) in [6.45, 7) is 2.32. The molecule has 2 amide bonds. The Morgan fingerprint density at radius 1 is 1.35 bits per heavy atom. The number of rotatable bonds is 1. The van der Waals surface area contributed by atoms with E-state index in [9.17, 15) is 14.7 Å². The second-order valence-electron chi connectivity index (χ2n) is 4.71. The summed E-state index contributed by atoms with van der Waals surface area (Å²) in [7, 11) is 0. The van der Waals surface area contributed by atoms with Gasteiger partial charge in [-0.1, -0.05) is 23.2 Å². The Labute approximate surface area is 126 Å². The minimum Gasteiger partial charge on any atom is -0.391 e. The molecule has 2 N–H and O–H groups in total. The highest BCUT2D eigenvalue weighted by Gasteiger charge is 2.29. The zero-order valence-corrected chi connectivity index (χ0v) is 12.3. The van der Waals surface area contributed by atoms with Gasteiger partial charge < -0.3 is 15.3 Å². The maximum atomic E-state index is 11.9. The highest BCUT2D eigenvalue weighted by molar-refractivity contribution is 6.40. The van der Waals surface area contributed by atoms with Crippen molar-refractivity contribution in [2.45, 2.75) is 19.4 Å². The van der Waals surface area contributed by atoms with Crippen LogP contribution >= 0.6 is 23.2 Å². The maximum absolute atomic E-state index is 11.9. The van der Waals surface area contributed by atoms with Crippen LogP contribution in [0.4, 0.5) is 5.69 Å². The van der Waals surface area contributed by atoms with Crippen molar-refractivity contribution in [2.24, 2.45) is 0 Å². The molecule has 1 fully saturated rings. The predicted molar refractivity (Wildman–Crippen MR) is 77.0 cm³/mol. The van der Waals surface area contributed by atoms with Crippen molar-refractivity contribution < 1.29 is 14.7 Å². The van der Waals surface area contributed by atoms with Crippen LogP contribution in [0.5, 0.6) is 0 Å². The number of nitrogens with zero attached hydrogens (tertiary/aromatic N) is 1. The lowest BCUT2D eigenvalue weighted by molar-refractivity contribution is -0.142. The molecule has 1 aromatic rings. The average Bonchev–Trinajstić information content (AvgIpc) is 2.81. The van der Waals surface area contributed by atoms with Crippen LogP contribution in [-0.2, 0) is 9.59 Å². The number of benzene rings is 1. The van der Waals surface area contributed by atoms with Crippen molar-refractivity contribution in [3.05, 3.63) is 27.7 Å². The molecule has 0 aliphatic carbocycles. The van der Waals surface area contributed by atoms with E-state index < -0.39 is 17.9 Å². The van der Waals surface area contributed by atoms with Crippen LogP contribution in [0.2, 0.25) is 10.0 Å². The molecule has 20 heavy (non-hydrogen) atoms. The van der Waals surface area contributed by atoms with Gasteiger partial charge in [0, 0.05) is 28.8 Å². The summed E-state index contributed by atoms with van der Waals surface area (Å²) < 4.78 is 0. The number of carbonyl (C=O) groups is 2. The number of likely N-dealkylation sites (tertiary alicyclic amines) is 1. The summed E-state index contributed by atoms with van der Waals surface area (Å²) in [5.74, 6) is -1.44. The van der Waals surface area contributed by atoms with Crippen LogP contribution < -0.4 is 5.32 Å². The van der Waals surface area contributed by atoms with Gasteiger partial charge in [0.2, 0.25) is 0 Å². The van der Waals surface area contributed by atoms with Gasteiger partial charge in [0.05, 0.1) is 6.10 Å². The molecule has 1 saturated heterocycles. The van der Waals surface area contributed by atoms with Gasteiger partial charge in [-0.15, -0.1) is 0 Å². The molecule has 1 atom stereocenters. The molecule has 1 aliphatic heterocycles. The molecule has 0 bridgehead atoms. The second kappa shape index (κ2) is 5.99. The number of amides is 2.